The molecule has 368 valence electrons. The van der Waals surface area contributed by atoms with Gasteiger partial charge in [-0.1, -0.05) is 66.2 Å². The van der Waals surface area contributed by atoms with Gasteiger partial charge in [0.05, 0.1) is 25.3 Å². The van der Waals surface area contributed by atoms with Crippen LogP contribution in [0.3, 0.4) is 0 Å². The maximum absolute atomic E-state index is 13.9. The van der Waals surface area contributed by atoms with Crippen LogP contribution in [-0.4, -0.2) is 153 Å². The topological polar surface area (TPSA) is 352 Å². The second kappa shape index (κ2) is 27.3. The molecule has 0 aliphatic heterocycles. The maximum Gasteiger partial charge on any atom is 0.326 e. The number of benzene rings is 1. The fraction of sp³-hybridized carbons (Fsp3) is 0.595. The van der Waals surface area contributed by atoms with Gasteiger partial charge < -0.3 is 68.6 Å². The summed E-state index contributed by atoms with van der Waals surface area (Å²) in [6.45, 7) is 9.45. The molecule has 0 unspecified atom stereocenters. The number of aliphatic hydroxyl groups is 2. The Hall–Kier alpha value is -5.43. The van der Waals surface area contributed by atoms with Gasteiger partial charge in [-0.05, 0) is 36.3 Å². The number of fused-ring (bicyclic) bond motifs is 1. The molecule has 1 heterocycles. The summed E-state index contributed by atoms with van der Waals surface area (Å²) in [4.78, 5) is 121. The average molecular weight is 967 g/mol. The Bertz CT molecular complexity index is 2020. The van der Waals surface area contributed by atoms with Gasteiger partial charge in [0, 0.05) is 35.0 Å². The number of amides is 8. The van der Waals surface area contributed by atoms with E-state index in [9.17, 15) is 58.5 Å². The summed E-state index contributed by atoms with van der Waals surface area (Å²) < 4.78 is 0. The van der Waals surface area contributed by atoms with Crippen molar-refractivity contribution in [3.63, 3.8) is 0 Å². The molecule has 2 rings (SSSR count). The van der Waals surface area contributed by atoms with Crippen LogP contribution in [0.25, 0.3) is 10.9 Å². The number of carbonyl (C=O) groups is 9. The third-order valence-electron chi connectivity index (χ3n) is 10.7. The molecule has 1 aromatic heterocycles. The van der Waals surface area contributed by atoms with Gasteiger partial charge >= 0.3 is 5.97 Å². The minimum Gasteiger partial charge on any atom is -0.480 e. The Morgan fingerprint density at radius 2 is 1.18 bits per heavy atom. The number of aliphatic hydroxyl groups excluding tert-OH is 2. The molecule has 0 aliphatic rings. The van der Waals surface area contributed by atoms with E-state index in [1.807, 2.05) is 0 Å². The number of nitrogens with two attached hydrogens (primary N) is 1. The fourth-order valence-corrected chi connectivity index (χ4v) is 6.85. The van der Waals surface area contributed by atoms with Gasteiger partial charge in [-0.3, -0.25) is 38.4 Å². The number of para-hydroxylation sites is 1. The van der Waals surface area contributed by atoms with Crippen LogP contribution in [0.4, 0.5) is 0 Å². The highest BCUT2D eigenvalue weighted by Gasteiger charge is 2.36. The van der Waals surface area contributed by atoms with Crippen molar-refractivity contribution >= 4 is 89.4 Å². The summed E-state index contributed by atoms with van der Waals surface area (Å²) in [5.41, 5.74) is 7.03. The SMILES string of the molecule is CC[C@H](C)[C@H](NC(=O)[C@@H](N)CS)C(=O)N[C@@H](CO)C(=O)NCC(=O)N[C@H](C(=O)N[C@@H](CS)C(=O)N[C@@H](Cc1c[nH]c2ccccc12)C(=O)N[C@H](C(=O)N[C@H](C(=O)O)C(C)C)[C@@H](C)O)C(C)C. The number of thiol groups is 2. The summed E-state index contributed by atoms with van der Waals surface area (Å²) in [5, 5.41) is 50.3. The molecule has 0 radical (unpaired) electrons. The molecule has 1 aromatic carbocycles. The van der Waals surface area contributed by atoms with Gasteiger partial charge in [-0.2, -0.15) is 25.3 Å². The molecule has 0 saturated carbocycles. The number of aliphatic carboxylic acids is 1. The van der Waals surface area contributed by atoms with Gasteiger partial charge in [0.15, 0.2) is 0 Å². The van der Waals surface area contributed by atoms with E-state index < -0.39 is 139 Å². The number of aromatic nitrogens is 1. The van der Waals surface area contributed by atoms with Crippen molar-refractivity contribution in [3.8, 4) is 0 Å². The van der Waals surface area contributed by atoms with Crippen molar-refractivity contribution < 1.29 is 58.5 Å². The molecule has 0 fully saturated rings. The summed E-state index contributed by atoms with van der Waals surface area (Å²) in [5.74, 6) is -10.0. The zero-order valence-electron chi connectivity index (χ0n) is 38.0. The smallest absolute Gasteiger partial charge is 0.326 e. The number of H-pyrrole nitrogens is 1. The highest BCUT2D eigenvalue weighted by Crippen LogP contribution is 2.20. The normalized spacial score (nSPS) is 15.9. The van der Waals surface area contributed by atoms with E-state index in [1.54, 1.807) is 72.0 Å². The Kier molecular flexibility index (Phi) is 23.4. The molecule has 10 atom stereocenters. The number of aromatic amines is 1. The van der Waals surface area contributed by atoms with Crippen LogP contribution in [-0.2, 0) is 49.6 Å². The van der Waals surface area contributed by atoms with Crippen molar-refractivity contribution in [3.05, 3.63) is 36.0 Å². The van der Waals surface area contributed by atoms with Crippen molar-refractivity contribution in [2.75, 3.05) is 24.7 Å². The molecule has 0 bridgehead atoms. The number of carboxylic acid groups (broad SMARTS) is 1. The van der Waals surface area contributed by atoms with Crippen LogP contribution >= 0.6 is 25.3 Å². The zero-order valence-corrected chi connectivity index (χ0v) is 39.8. The van der Waals surface area contributed by atoms with Gasteiger partial charge in [0.25, 0.3) is 0 Å². The Morgan fingerprint density at radius 1 is 0.652 bits per heavy atom. The molecule has 8 amide bonds. The van der Waals surface area contributed by atoms with Gasteiger partial charge in [-0.25, -0.2) is 4.79 Å². The third-order valence-corrected chi connectivity index (χ3v) is 11.4. The average Bonchev–Trinajstić information content (AvgIpc) is 3.68. The minimum atomic E-state index is -1.64. The van der Waals surface area contributed by atoms with Crippen LogP contribution in [0.5, 0.6) is 0 Å². The van der Waals surface area contributed by atoms with Gasteiger partial charge in [0.2, 0.25) is 47.3 Å². The second-order valence-corrected chi connectivity index (χ2v) is 17.3. The second-order valence-electron chi connectivity index (χ2n) is 16.6. The zero-order chi connectivity index (χ0) is 50.0. The van der Waals surface area contributed by atoms with E-state index in [0.29, 0.717) is 17.4 Å². The van der Waals surface area contributed by atoms with E-state index in [-0.39, 0.29) is 17.9 Å². The minimum absolute atomic E-state index is 0.0122. The summed E-state index contributed by atoms with van der Waals surface area (Å²) in [6.07, 6.45) is 0.432. The standard InChI is InChI=1S/C42H66N10O12S2/c1-8-21(6)33(51-35(56)25(43)17-65)40(61)47-28(16-53)36(57)45-15-30(55)49-31(19(2)3)39(60)48-29(18-66)38(59)46-27(13-23-14-44-26-12-10-9-11-24(23)26)37(58)52-34(22(7)54)41(62)50-32(20(4)5)42(63)64/h9-12,14,19-22,25,27-29,31-34,44,53-54,65-66H,8,13,15-18,43H2,1-7H3,(H,45,57)(H,46,59)(H,47,61)(H,48,60)(H,49,55)(H,50,62)(H,51,56)(H,52,58)(H,63,64)/t21-,22+,25-,27-,28-,29-,31-,32-,33-,34-/m0/s1. The third kappa shape index (κ3) is 16.8. The van der Waals surface area contributed by atoms with Crippen molar-refractivity contribution in [1.82, 2.24) is 47.5 Å². The molecule has 14 N–H and O–H groups in total. The number of carboxylic acids is 1. The molecule has 0 spiro atoms. The van der Waals surface area contributed by atoms with Crippen molar-refractivity contribution in [1.29, 1.82) is 0 Å². The van der Waals surface area contributed by atoms with Crippen LogP contribution in [0, 0.1) is 17.8 Å². The number of hydrogen-bond donors (Lipinski definition) is 15. The lowest BCUT2D eigenvalue weighted by molar-refractivity contribution is -0.144. The first-order chi connectivity index (χ1) is 31.0. The van der Waals surface area contributed by atoms with E-state index in [4.69, 9.17) is 5.73 Å². The summed E-state index contributed by atoms with van der Waals surface area (Å²) in [6, 6.07) is -3.61. The van der Waals surface area contributed by atoms with E-state index in [1.165, 1.54) is 6.92 Å². The van der Waals surface area contributed by atoms with Crippen LogP contribution in [0.2, 0.25) is 0 Å². The molecule has 24 heteroatoms. The summed E-state index contributed by atoms with van der Waals surface area (Å²) >= 11 is 8.24. The van der Waals surface area contributed by atoms with Crippen molar-refractivity contribution in [2.45, 2.75) is 116 Å². The molecule has 22 nitrogen and oxygen atoms in total. The molecular formula is C42H66N10O12S2. The number of hydrogen-bond acceptors (Lipinski definition) is 14. The van der Waals surface area contributed by atoms with Crippen LogP contribution in [0.15, 0.2) is 30.5 Å². The van der Waals surface area contributed by atoms with Gasteiger partial charge in [0.1, 0.15) is 42.3 Å². The Labute approximate surface area is 394 Å². The molecule has 66 heavy (non-hydrogen) atoms. The van der Waals surface area contributed by atoms with Crippen molar-refractivity contribution in [2.24, 2.45) is 23.5 Å². The lowest BCUT2D eigenvalue weighted by Gasteiger charge is -2.28. The quantitative estimate of drug-likeness (QED) is 0.0404. The Morgan fingerprint density at radius 3 is 1.73 bits per heavy atom. The number of nitrogens with one attached hydrogen (secondary N) is 9. The predicted octanol–water partition coefficient (Wildman–Crippen LogP) is -2.78. The highest BCUT2D eigenvalue weighted by atomic mass is 32.1. The predicted molar refractivity (Wildman–Crippen MR) is 250 cm³/mol. The number of rotatable bonds is 27. The van der Waals surface area contributed by atoms with Crippen LogP contribution in [0.1, 0.15) is 60.5 Å². The first-order valence-corrected chi connectivity index (χ1v) is 22.7. The number of carbonyl (C=O) groups excluding carboxylic acids is 8. The monoisotopic (exact) mass is 966 g/mol. The fourth-order valence-electron chi connectivity index (χ4n) is 6.42. The van der Waals surface area contributed by atoms with E-state index in [0.717, 1.165) is 5.52 Å². The lowest BCUT2D eigenvalue weighted by atomic mass is 9.97. The molecule has 0 saturated heterocycles. The largest absolute Gasteiger partial charge is 0.480 e. The highest BCUT2D eigenvalue weighted by molar-refractivity contribution is 7.80. The van der Waals surface area contributed by atoms with E-state index in [2.05, 4.69) is 72.8 Å². The molecule has 2 aromatic rings. The first-order valence-electron chi connectivity index (χ1n) is 21.4. The summed E-state index contributed by atoms with van der Waals surface area (Å²) in [7, 11) is 0. The first kappa shape index (κ1) is 56.7. The van der Waals surface area contributed by atoms with Gasteiger partial charge in [-0.15, -0.1) is 0 Å². The lowest BCUT2D eigenvalue weighted by Crippen LogP contribution is -2.62. The maximum atomic E-state index is 13.9. The van der Waals surface area contributed by atoms with Crippen LogP contribution < -0.4 is 48.3 Å². The van der Waals surface area contributed by atoms with E-state index >= 15 is 0 Å². The Balaban J connectivity index is 2.22. The molecular weight excluding hydrogens is 901 g/mol. The molecule has 0 aliphatic carbocycles.